The van der Waals surface area contributed by atoms with E-state index in [-0.39, 0.29) is 28.6 Å². The molecule has 1 atom stereocenters. The molecule has 1 aliphatic heterocycles. The minimum atomic E-state index is -1.09. The lowest BCUT2D eigenvalue weighted by Gasteiger charge is -2.36. The Balaban J connectivity index is 1.55. The molecular formula is C28H26FN3O5S. The van der Waals surface area contributed by atoms with Crippen molar-refractivity contribution in [2.45, 2.75) is 18.5 Å². The van der Waals surface area contributed by atoms with Crippen LogP contribution in [0, 0.1) is 15.9 Å². The Bertz CT molecular complexity index is 1320. The molecule has 8 nitrogen and oxygen atoms in total. The number of carboxylic acids is 1. The summed E-state index contributed by atoms with van der Waals surface area (Å²) >= 11 is 1.25. The SMILES string of the molecule is O=C(O)c1ccc(C(=O)/C(=C\N2CCN(Cc3ccccc3)C([N+](=O)[O-])C2)SCc2ccc(F)cc2)cc1. The lowest BCUT2D eigenvalue weighted by atomic mass is 10.1. The van der Waals surface area contributed by atoms with Crippen molar-refractivity contribution in [2.24, 2.45) is 0 Å². The molecule has 3 aromatic rings. The molecule has 1 saturated heterocycles. The average Bonchev–Trinajstić information content (AvgIpc) is 2.92. The molecular weight excluding hydrogens is 509 g/mol. The monoisotopic (exact) mass is 535 g/mol. The fraction of sp³-hybridized carbons (Fsp3) is 0.214. The van der Waals surface area contributed by atoms with Crippen molar-refractivity contribution >= 4 is 23.5 Å². The van der Waals surface area contributed by atoms with Gasteiger partial charge in [-0.1, -0.05) is 54.6 Å². The molecule has 4 rings (SSSR count). The second-order valence-electron chi connectivity index (χ2n) is 8.84. The molecule has 0 aliphatic carbocycles. The molecule has 3 aromatic carbocycles. The maximum atomic E-state index is 13.4. The first-order valence-corrected chi connectivity index (χ1v) is 12.9. The zero-order valence-corrected chi connectivity index (χ0v) is 21.2. The first-order chi connectivity index (χ1) is 18.3. The highest BCUT2D eigenvalue weighted by molar-refractivity contribution is 8.03. The van der Waals surface area contributed by atoms with Crippen LogP contribution in [0.5, 0.6) is 0 Å². The van der Waals surface area contributed by atoms with Gasteiger partial charge in [0, 0.05) is 42.1 Å². The van der Waals surface area contributed by atoms with Crippen LogP contribution in [-0.2, 0) is 12.3 Å². The highest BCUT2D eigenvalue weighted by Gasteiger charge is 2.34. The van der Waals surface area contributed by atoms with E-state index in [9.17, 15) is 24.1 Å². The zero-order valence-electron chi connectivity index (χ0n) is 20.4. The van der Waals surface area contributed by atoms with Gasteiger partial charge in [-0.25, -0.2) is 14.1 Å². The lowest BCUT2D eigenvalue weighted by Crippen LogP contribution is -2.54. The predicted octanol–water partition coefficient (Wildman–Crippen LogP) is 4.90. The van der Waals surface area contributed by atoms with Crippen LogP contribution in [0.3, 0.4) is 0 Å². The molecule has 0 bridgehead atoms. The number of hydrogen-bond acceptors (Lipinski definition) is 7. The van der Waals surface area contributed by atoms with Crippen molar-refractivity contribution < 1.29 is 24.0 Å². The molecule has 1 unspecified atom stereocenters. The van der Waals surface area contributed by atoms with Gasteiger partial charge in [0.1, 0.15) is 12.4 Å². The molecule has 38 heavy (non-hydrogen) atoms. The summed E-state index contributed by atoms with van der Waals surface area (Å²) in [6, 6.07) is 21.2. The van der Waals surface area contributed by atoms with Crippen LogP contribution < -0.4 is 0 Å². The minimum absolute atomic E-state index is 0.0643. The summed E-state index contributed by atoms with van der Waals surface area (Å²) < 4.78 is 13.3. The largest absolute Gasteiger partial charge is 0.478 e. The Morgan fingerprint density at radius 1 is 0.974 bits per heavy atom. The fourth-order valence-corrected chi connectivity index (χ4v) is 5.10. The van der Waals surface area contributed by atoms with E-state index in [4.69, 9.17) is 5.11 Å². The molecule has 196 valence electrons. The van der Waals surface area contributed by atoms with Crippen LogP contribution in [0.2, 0.25) is 0 Å². The van der Waals surface area contributed by atoms with Crippen LogP contribution in [-0.4, -0.2) is 57.4 Å². The molecule has 10 heteroatoms. The number of benzene rings is 3. The number of hydrogen-bond donors (Lipinski definition) is 1. The normalized spacial score (nSPS) is 16.3. The van der Waals surface area contributed by atoms with Crippen molar-refractivity contribution in [3.63, 3.8) is 0 Å². The summed E-state index contributed by atoms with van der Waals surface area (Å²) in [5.74, 6) is -1.39. The van der Waals surface area contributed by atoms with E-state index < -0.39 is 12.1 Å². The Hall–Kier alpha value is -4.02. The number of piperazine rings is 1. The Labute approximate surface area is 223 Å². The van der Waals surface area contributed by atoms with E-state index in [2.05, 4.69) is 0 Å². The van der Waals surface area contributed by atoms with Gasteiger partial charge in [-0.2, -0.15) is 0 Å². The number of carbonyl (C=O) groups excluding carboxylic acids is 1. The number of ketones is 1. The molecule has 1 N–H and O–H groups in total. The van der Waals surface area contributed by atoms with E-state index in [1.54, 1.807) is 23.2 Å². The van der Waals surface area contributed by atoms with Crippen molar-refractivity contribution in [1.82, 2.24) is 9.80 Å². The standard InChI is InChI=1S/C28H26FN3O5S/c29-24-12-6-21(7-13-24)19-38-25(27(33)22-8-10-23(11-9-22)28(34)35)17-30-14-15-31(26(18-30)32(36)37)16-20-4-2-1-3-5-20/h1-13,17,26H,14-16,18-19H2,(H,34,35)/b25-17+. The van der Waals surface area contributed by atoms with Gasteiger partial charge < -0.3 is 10.0 Å². The van der Waals surface area contributed by atoms with Gasteiger partial charge in [0.05, 0.1) is 10.5 Å². The fourth-order valence-electron chi connectivity index (χ4n) is 4.12. The Morgan fingerprint density at radius 3 is 2.26 bits per heavy atom. The molecule has 1 fully saturated rings. The van der Waals surface area contributed by atoms with Gasteiger partial charge in [0.25, 0.3) is 6.17 Å². The van der Waals surface area contributed by atoms with Crippen LogP contribution in [0.15, 0.2) is 90.0 Å². The van der Waals surface area contributed by atoms with Crippen molar-refractivity contribution in [2.75, 3.05) is 19.6 Å². The van der Waals surface area contributed by atoms with Gasteiger partial charge in [-0.05, 0) is 35.4 Å². The van der Waals surface area contributed by atoms with E-state index in [0.29, 0.717) is 35.9 Å². The first kappa shape index (κ1) is 27.0. The van der Waals surface area contributed by atoms with E-state index in [0.717, 1.165) is 11.1 Å². The van der Waals surface area contributed by atoms with Gasteiger partial charge in [0.15, 0.2) is 0 Å². The molecule has 1 aliphatic rings. The van der Waals surface area contributed by atoms with Crippen LogP contribution >= 0.6 is 11.8 Å². The summed E-state index contributed by atoms with van der Waals surface area (Å²) in [5, 5.41) is 21.1. The zero-order chi connectivity index (χ0) is 27.1. The van der Waals surface area contributed by atoms with E-state index in [1.165, 1.54) is 48.2 Å². The van der Waals surface area contributed by atoms with Crippen molar-refractivity contribution in [3.05, 3.63) is 128 Å². The van der Waals surface area contributed by atoms with Crippen LogP contribution in [0.1, 0.15) is 31.8 Å². The van der Waals surface area contributed by atoms with Gasteiger partial charge in [0.2, 0.25) is 5.78 Å². The quantitative estimate of drug-likeness (QED) is 0.169. The molecule has 0 amide bonds. The number of allylic oxidation sites excluding steroid dienone is 1. The number of rotatable bonds is 10. The Kier molecular flexibility index (Phi) is 8.88. The van der Waals surface area contributed by atoms with Gasteiger partial charge in [-0.15, -0.1) is 11.8 Å². The number of thioether (sulfide) groups is 1. The number of carboxylic acid groups (broad SMARTS) is 1. The highest BCUT2D eigenvalue weighted by Crippen LogP contribution is 2.27. The number of aromatic carboxylic acids is 1. The smallest absolute Gasteiger partial charge is 0.335 e. The number of halogens is 1. The van der Waals surface area contributed by atoms with Crippen molar-refractivity contribution in [1.29, 1.82) is 0 Å². The number of carbonyl (C=O) groups is 2. The van der Waals surface area contributed by atoms with Crippen molar-refractivity contribution in [3.8, 4) is 0 Å². The molecule has 0 aromatic heterocycles. The summed E-state index contributed by atoms with van der Waals surface area (Å²) in [4.78, 5) is 40.2. The average molecular weight is 536 g/mol. The van der Waals surface area contributed by atoms with Gasteiger partial charge in [-0.3, -0.25) is 14.9 Å². The van der Waals surface area contributed by atoms with E-state index in [1.807, 2.05) is 35.2 Å². The third-order valence-corrected chi connectivity index (χ3v) is 7.27. The molecule has 1 heterocycles. The summed E-state index contributed by atoms with van der Waals surface area (Å²) in [6.07, 6.45) is 0.700. The molecule has 0 spiro atoms. The van der Waals surface area contributed by atoms with Crippen LogP contribution in [0.4, 0.5) is 4.39 Å². The Morgan fingerprint density at radius 2 is 1.63 bits per heavy atom. The summed E-state index contributed by atoms with van der Waals surface area (Å²) in [5.41, 5.74) is 2.17. The third-order valence-electron chi connectivity index (χ3n) is 6.19. The number of nitrogens with zero attached hydrogens (tertiary/aromatic N) is 3. The summed E-state index contributed by atoms with van der Waals surface area (Å²) in [7, 11) is 0. The second kappa shape index (κ2) is 12.5. The minimum Gasteiger partial charge on any atom is -0.478 e. The topological polar surface area (TPSA) is 104 Å². The predicted molar refractivity (Wildman–Crippen MR) is 143 cm³/mol. The lowest BCUT2D eigenvalue weighted by molar-refractivity contribution is -0.554. The molecule has 0 saturated carbocycles. The first-order valence-electron chi connectivity index (χ1n) is 11.9. The molecule has 0 radical (unpaired) electrons. The number of nitro groups is 1. The van der Waals surface area contributed by atoms with Crippen LogP contribution in [0.25, 0.3) is 0 Å². The third kappa shape index (κ3) is 7.05. The summed E-state index contributed by atoms with van der Waals surface area (Å²) in [6.45, 7) is 1.48. The maximum absolute atomic E-state index is 13.4. The highest BCUT2D eigenvalue weighted by atomic mass is 32.2. The number of Topliss-reactive ketones (excluding diaryl/α,β-unsaturated/α-hetero) is 1. The van der Waals surface area contributed by atoms with E-state index >= 15 is 0 Å². The van der Waals surface area contributed by atoms with Gasteiger partial charge >= 0.3 is 5.97 Å². The maximum Gasteiger partial charge on any atom is 0.335 e. The second-order valence-corrected chi connectivity index (χ2v) is 9.85.